The molecule has 2 N–H and O–H groups in total. The topological polar surface area (TPSA) is 53.3 Å². The number of halogens is 1. The van der Waals surface area contributed by atoms with Crippen LogP contribution in [-0.2, 0) is 13.6 Å². The van der Waals surface area contributed by atoms with Crippen molar-refractivity contribution in [3.63, 3.8) is 0 Å². The Labute approximate surface area is 148 Å². The van der Waals surface area contributed by atoms with E-state index in [0.29, 0.717) is 12.5 Å². The summed E-state index contributed by atoms with van der Waals surface area (Å²) in [5.41, 5.74) is 4.57. The SMILES string of the molecule is Cc1c(CNc2cc(Cl)ccc2N2CCC(CO)CC2)cnn1C. The molecule has 1 aliphatic heterocycles. The first-order chi connectivity index (χ1) is 11.6. The molecule has 0 spiro atoms. The van der Waals surface area contributed by atoms with Crippen LogP contribution in [0.3, 0.4) is 0 Å². The summed E-state index contributed by atoms with van der Waals surface area (Å²) in [5, 5.41) is 17.9. The minimum atomic E-state index is 0.292. The number of rotatable bonds is 5. The summed E-state index contributed by atoms with van der Waals surface area (Å²) in [6.07, 6.45) is 3.96. The maximum atomic E-state index is 9.32. The van der Waals surface area contributed by atoms with Gasteiger partial charge in [-0.1, -0.05) is 11.6 Å². The van der Waals surface area contributed by atoms with Crippen LogP contribution in [0.5, 0.6) is 0 Å². The highest BCUT2D eigenvalue weighted by Crippen LogP contribution is 2.32. The lowest BCUT2D eigenvalue weighted by molar-refractivity contribution is 0.203. The van der Waals surface area contributed by atoms with Crippen LogP contribution >= 0.6 is 11.6 Å². The summed E-state index contributed by atoms with van der Waals surface area (Å²) in [7, 11) is 1.95. The van der Waals surface area contributed by atoms with Gasteiger partial charge >= 0.3 is 0 Å². The van der Waals surface area contributed by atoms with Crippen LogP contribution in [0.4, 0.5) is 11.4 Å². The smallest absolute Gasteiger partial charge is 0.0603 e. The second kappa shape index (κ2) is 7.45. The predicted molar refractivity (Wildman–Crippen MR) is 98.7 cm³/mol. The van der Waals surface area contributed by atoms with Crippen molar-refractivity contribution in [2.75, 3.05) is 29.9 Å². The van der Waals surface area contributed by atoms with E-state index in [2.05, 4.69) is 28.3 Å². The van der Waals surface area contributed by atoms with E-state index in [9.17, 15) is 5.11 Å². The van der Waals surface area contributed by atoms with Gasteiger partial charge in [0.2, 0.25) is 0 Å². The summed E-state index contributed by atoms with van der Waals surface area (Å²) in [6.45, 7) is 5.02. The first kappa shape index (κ1) is 17.1. The van der Waals surface area contributed by atoms with Crippen molar-refractivity contribution < 1.29 is 5.11 Å². The molecule has 0 unspecified atom stereocenters. The van der Waals surface area contributed by atoms with Gasteiger partial charge in [0, 0.05) is 49.6 Å². The second-order valence-corrected chi connectivity index (χ2v) is 6.94. The summed E-state index contributed by atoms with van der Waals surface area (Å²) in [6, 6.07) is 6.01. The molecule has 0 aliphatic carbocycles. The third kappa shape index (κ3) is 3.68. The highest BCUT2D eigenvalue weighted by molar-refractivity contribution is 6.31. The van der Waals surface area contributed by atoms with Gasteiger partial charge < -0.3 is 15.3 Å². The van der Waals surface area contributed by atoms with E-state index in [1.54, 1.807) is 0 Å². The molecular weight excluding hydrogens is 324 g/mol. The standard InChI is InChI=1S/C18H25ClN4O/c1-13-15(11-21-22(13)2)10-20-17-9-16(19)3-4-18(17)23-7-5-14(12-24)6-8-23/h3-4,9,11,14,20,24H,5-8,10,12H2,1-2H3. The van der Waals surface area contributed by atoms with Gasteiger partial charge in [-0.2, -0.15) is 5.10 Å². The van der Waals surface area contributed by atoms with Crippen LogP contribution < -0.4 is 10.2 Å². The molecule has 1 aromatic heterocycles. The van der Waals surface area contributed by atoms with Gasteiger partial charge in [0.15, 0.2) is 0 Å². The minimum absolute atomic E-state index is 0.292. The molecule has 1 fully saturated rings. The van der Waals surface area contributed by atoms with Crippen LogP contribution in [0.2, 0.25) is 5.02 Å². The number of anilines is 2. The molecule has 5 nitrogen and oxygen atoms in total. The molecule has 1 aromatic carbocycles. The van der Waals surface area contributed by atoms with E-state index in [0.717, 1.165) is 48.9 Å². The second-order valence-electron chi connectivity index (χ2n) is 6.51. The van der Waals surface area contributed by atoms with Gasteiger partial charge in [-0.15, -0.1) is 0 Å². The van der Waals surface area contributed by atoms with Crippen LogP contribution in [0, 0.1) is 12.8 Å². The average Bonchev–Trinajstić information content (AvgIpc) is 2.92. The number of hydrogen-bond donors (Lipinski definition) is 2. The molecule has 24 heavy (non-hydrogen) atoms. The minimum Gasteiger partial charge on any atom is -0.396 e. The lowest BCUT2D eigenvalue weighted by Gasteiger charge is -2.34. The Hall–Kier alpha value is -1.72. The van der Waals surface area contributed by atoms with Crippen LogP contribution in [0.15, 0.2) is 24.4 Å². The molecule has 1 aliphatic rings. The Morgan fingerprint density at radius 3 is 2.71 bits per heavy atom. The van der Waals surface area contributed by atoms with E-state index in [1.165, 1.54) is 11.3 Å². The van der Waals surface area contributed by atoms with Crippen molar-refractivity contribution in [2.45, 2.75) is 26.3 Å². The van der Waals surface area contributed by atoms with Gasteiger partial charge in [0.1, 0.15) is 0 Å². The van der Waals surface area contributed by atoms with E-state index in [4.69, 9.17) is 11.6 Å². The average molecular weight is 349 g/mol. The Morgan fingerprint density at radius 2 is 2.08 bits per heavy atom. The third-order valence-corrected chi connectivity index (χ3v) is 5.21. The molecule has 3 rings (SSSR count). The Balaban J connectivity index is 1.75. The molecular formula is C18H25ClN4O. The molecule has 2 heterocycles. The molecule has 0 amide bonds. The Morgan fingerprint density at radius 1 is 1.33 bits per heavy atom. The third-order valence-electron chi connectivity index (χ3n) is 4.98. The number of piperidine rings is 1. The fourth-order valence-electron chi connectivity index (χ4n) is 3.19. The van der Waals surface area contributed by atoms with Crippen molar-refractivity contribution >= 4 is 23.0 Å². The van der Waals surface area contributed by atoms with E-state index < -0.39 is 0 Å². The highest BCUT2D eigenvalue weighted by atomic mass is 35.5. The number of aliphatic hydroxyl groups excluding tert-OH is 1. The largest absolute Gasteiger partial charge is 0.396 e. The van der Waals surface area contributed by atoms with Gasteiger partial charge in [-0.25, -0.2) is 0 Å². The lowest BCUT2D eigenvalue weighted by atomic mass is 9.97. The number of nitrogens with one attached hydrogen (secondary N) is 1. The van der Waals surface area contributed by atoms with Gasteiger partial charge in [-0.3, -0.25) is 4.68 Å². The van der Waals surface area contributed by atoms with Crippen molar-refractivity contribution in [2.24, 2.45) is 13.0 Å². The van der Waals surface area contributed by atoms with Crippen molar-refractivity contribution in [1.82, 2.24) is 9.78 Å². The zero-order chi connectivity index (χ0) is 17.1. The quantitative estimate of drug-likeness (QED) is 0.871. The van der Waals surface area contributed by atoms with E-state index >= 15 is 0 Å². The molecule has 0 bridgehead atoms. The number of aliphatic hydroxyl groups is 1. The number of hydrogen-bond acceptors (Lipinski definition) is 4. The fourth-order valence-corrected chi connectivity index (χ4v) is 3.36. The van der Waals surface area contributed by atoms with Crippen LogP contribution in [0.1, 0.15) is 24.1 Å². The summed E-state index contributed by atoms with van der Waals surface area (Å²) in [5.74, 6) is 0.433. The molecule has 1 saturated heterocycles. The normalized spacial score (nSPS) is 15.8. The molecule has 130 valence electrons. The number of aryl methyl sites for hydroxylation is 1. The zero-order valence-electron chi connectivity index (χ0n) is 14.3. The fraction of sp³-hybridized carbons (Fsp3) is 0.500. The van der Waals surface area contributed by atoms with Crippen molar-refractivity contribution in [3.8, 4) is 0 Å². The number of benzene rings is 1. The van der Waals surface area contributed by atoms with Gasteiger partial charge in [0.05, 0.1) is 17.6 Å². The lowest BCUT2D eigenvalue weighted by Crippen LogP contribution is -2.35. The molecule has 2 aromatic rings. The molecule has 0 saturated carbocycles. The Bertz CT molecular complexity index is 692. The molecule has 0 atom stereocenters. The summed E-state index contributed by atoms with van der Waals surface area (Å²) in [4.78, 5) is 2.38. The molecule has 0 radical (unpaired) electrons. The molecule has 6 heteroatoms. The maximum Gasteiger partial charge on any atom is 0.0603 e. The number of nitrogens with zero attached hydrogens (tertiary/aromatic N) is 3. The first-order valence-electron chi connectivity index (χ1n) is 8.45. The Kier molecular flexibility index (Phi) is 5.31. The first-order valence-corrected chi connectivity index (χ1v) is 8.83. The van der Waals surface area contributed by atoms with Crippen molar-refractivity contribution in [3.05, 3.63) is 40.7 Å². The van der Waals surface area contributed by atoms with E-state index in [1.807, 2.05) is 30.1 Å². The number of aromatic nitrogens is 2. The maximum absolute atomic E-state index is 9.32. The van der Waals surface area contributed by atoms with E-state index in [-0.39, 0.29) is 0 Å². The van der Waals surface area contributed by atoms with Crippen LogP contribution in [0.25, 0.3) is 0 Å². The summed E-state index contributed by atoms with van der Waals surface area (Å²) < 4.78 is 1.88. The predicted octanol–water partition coefficient (Wildman–Crippen LogP) is 3.20. The highest BCUT2D eigenvalue weighted by Gasteiger charge is 2.20. The van der Waals surface area contributed by atoms with Crippen molar-refractivity contribution in [1.29, 1.82) is 0 Å². The summed E-state index contributed by atoms with van der Waals surface area (Å²) >= 11 is 6.21. The van der Waals surface area contributed by atoms with Gasteiger partial charge in [0.25, 0.3) is 0 Å². The zero-order valence-corrected chi connectivity index (χ0v) is 15.1. The monoisotopic (exact) mass is 348 g/mol. The van der Waals surface area contributed by atoms with Crippen LogP contribution in [-0.4, -0.2) is 34.6 Å². The van der Waals surface area contributed by atoms with Gasteiger partial charge in [-0.05, 0) is 43.9 Å².